The maximum atomic E-state index is 14.1. The molecule has 2 aromatic heterocycles. The second-order valence-corrected chi connectivity index (χ2v) is 7.94. The maximum Gasteiger partial charge on any atom is 0.270 e. The van der Waals surface area contributed by atoms with Crippen molar-refractivity contribution >= 4 is 27.6 Å². The molecule has 0 aliphatic carbocycles. The van der Waals surface area contributed by atoms with Crippen molar-refractivity contribution in [2.45, 2.75) is 19.5 Å². The summed E-state index contributed by atoms with van der Waals surface area (Å²) in [6.45, 7) is 2.75. The average molecular weight is 422 g/mol. The van der Waals surface area contributed by atoms with E-state index in [1.807, 2.05) is 31.2 Å². The van der Waals surface area contributed by atoms with Crippen LogP contribution in [0.15, 0.2) is 41.2 Å². The first-order valence-corrected chi connectivity index (χ1v) is 9.95. The predicted molar refractivity (Wildman–Crippen MR) is 114 cm³/mol. The van der Waals surface area contributed by atoms with Crippen LogP contribution in [0.25, 0.3) is 21.7 Å². The molecule has 0 saturated heterocycles. The fourth-order valence-electron chi connectivity index (χ4n) is 4.43. The molecular weight excluding hydrogens is 402 g/mol. The fourth-order valence-corrected chi connectivity index (χ4v) is 4.43. The van der Waals surface area contributed by atoms with Crippen molar-refractivity contribution in [1.82, 2.24) is 20.2 Å². The molecular formula is C23H20F2N4O2. The number of halogens is 2. The SMILES string of the molecule is Cc1cccc2[nH]c(C(=O)N(C)[C@@H]3CNCc4[nH]c(=O)c5cc(F)c(F)cc5c43)cc12. The standard InChI is InChI=1S/C23H20F2N4O2/c1-11-4-3-5-17-12(11)8-18(27-17)23(31)29(2)20-10-26-9-19-21(20)13-6-15(24)16(25)7-14(13)22(30)28-19/h3-8,20,26-27H,9-10H2,1-2H3,(H,28,30)/t20-/m1/s1. The highest BCUT2D eigenvalue weighted by Crippen LogP contribution is 2.33. The fraction of sp³-hybridized carbons (Fsp3) is 0.217. The molecule has 0 unspecified atom stereocenters. The number of H-pyrrole nitrogens is 2. The van der Waals surface area contributed by atoms with Crippen molar-refractivity contribution in [2.24, 2.45) is 0 Å². The van der Waals surface area contributed by atoms with E-state index in [0.717, 1.165) is 28.6 Å². The number of benzene rings is 2. The highest BCUT2D eigenvalue weighted by atomic mass is 19.2. The lowest BCUT2D eigenvalue weighted by molar-refractivity contribution is 0.0718. The number of aromatic amines is 2. The first-order chi connectivity index (χ1) is 14.8. The van der Waals surface area contributed by atoms with Gasteiger partial charge in [0.15, 0.2) is 11.6 Å². The van der Waals surface area contributed by atoms with Crippen LogP contribution in [-0.2, 0) is 6.54 Å². The van der Waals surface area contributed by atoms with Crippen LogP contribution in [0.4, 0.5) is 8.78 Å². The van der Waals surface area contributed by atoms with Crippen molar-refractivity contribution in [3.8, 4) is 0 Å². The lowest BCUT2D eigenvalue weighted by Crippen LogP contribution is -2.42. The van der Waals surface area contributed by atoms with Gasteiger partial charge in [-0.05, 0) is 42.1 Å². The molecule has 3 heterocycles. The first-order valence-electron chi connectivity index (χ1n) is 9.95. The Morgan fingerprint density at radius 2 is 1.81 bits per heavy atom. The van der Waals surface area contributed by atoms with Crippen molar-refractivity contribution in [2.75, 3.05) is 13.6 Å². The molecule has 3 N–H and O–H groups in total. The molecule has 8 heteroatoms. The van der Waals surface area contributed by atoms with Gasteiger partial charge in [0, 0.05) is 42.3 Å². The smallest absolute Gasteiger partial charge is 0.270 e. The second-order valence-electron chi connectivity index (χ2n) is 7.94. The molecule has 1 aliphatic rings. The third-order valence-corrected chi connectivity index (χ3v) is 6.06. The molecule has 1 aliphatic heterocycles. The number of nitrogens with one attached hydrogen (secondary N) is 3. The van der Waals surface area contributed by atoms with E-state index in [2.05, 4.69) is 15.3 Å². The summed E-state index contributed by atoms with van der Waals surface area (Å²) in [5.41, 5.74) is 3.05. The molecule has 6 nitrogen and oxygen atoms in total. The minimum Gasteiger partial charge on any atom is -0.351 e. The highest BCUT2D eigenvalue weighted by molar-refractivity contribution is 5.99. The number of amides is 1. The Balaban J connectivity index is 1.62. The third-order valence-electron chi connectivity index (χ3n) is 6.06. The van der Waals surface area contributed by atoms with Gasteiger partial charge < -0.3 is 20.2 Å². The lowest BCUT2D eigenvalue weighted by atomic mass is 9.93. The van der Waals surface area contributed by atoms with Gasteiger partial charge >= 0.3 is 0 Å². The molecule has 31 heavy (non-hydrogen) atoms. The summed E-state index contributed by atoms with van der Waals surface area (Å²) in [7, 11) is 1.67. The Hall–Kier alpha value is -3.52. The van der Waals surface area contributed by atoms with E-state index in [9.17, 15) is 18.4 Å². The Labute approximate surface area is 175 Å². The van der Waals surface area contributed by atoms with Crippen molar-refractivity contribution in [1.29, 1.82) is 0 Å². The number of carbonyl (C=O) groups excluding carboxylic acids is 1. The summed E-state index contributed by atoms with van der Waals surface area (Å²) < 4.78 is 27.9. The summed E-state index contributed by atoms with van der Waals surface area (Å²) in [5.74, 6) is -2.35. The van der Waals surface area contributed by atoms with Gasteiger partial charge in [-0.25, -0.2) is 8.78 Å². The number of aromatic nitrogens is 2. The summed E-state index contributed by atoms with van der Waals surface area (Å²) in [6.07, 6.45) is 0. The number of nitrogens with zero attached hydrogens (tertiary/aromatic N) is 1. The van der Waals surface area contributed by atoms with Crippen molar-refractivity contribution < 1.29 is 13.6 Å². The Morgan fingerprint density at radius 3 is 2.55 bits per heavy atom. The van der Waals surface area contributed by atoms with E-state index >= 15 is 0 Å². The van der Waals surface area contributed by atoms with Crippen LogP contribution in [0.3, 0.4) is 0 Å². The number of rotatable bonds is 2. The molecule has 4 aromatic rings. The number of fused-ring (bicyclic) bond motifs is 4. The molecule has 0 saturated carbocycles. The van der Waals surface area contributed by atoms with Gasteiger partial charge in [-0.3, -0.25) is 9.59 Å². The zero-order valence-electron chi connectivity index (χ0n) is 17.0. The Kier molecular flexibility index (Phi) is 4.40. The van der Waals surface area contributed by atoms with Gasteiger partial charge in [0.25, 0.3) is 11.5 Å². The van der Waals surface area contributed by atoms with Crippen molar-refractivity contribution in [3.63, 3.8) is 0 Å². The predicted octanol–water partition coefficient (Wildman–Crippen LogP) is 3.51. The monoisotopic (exact) mass is 422 g/mol. The molecule has 1 atom stereocenters. The van der Waals surface area contributed by atoms with E-state index in [1.165, 1.54) is 0 Å². The molecule has 2 aromatic carbocycles. The van der Waals surface area contributed by atoms with Gasteiger partial charge in [0.2, 0.25) is 0 Å². The van der Waals surface area contributed by atoms with Gasteiger partial charge in [0.1, 0.15) is 5.69 Å². The second kappa shape index (κ2) is 7.02. The number of carbonyl (C=O) groups is 1. The van der Waals surface area contributed by atoms with E-state index in [0.29, 0.717) is 35.4 Å². The summed E-state index contributed by atoms with van der Waals surface area (Å²) in [5, 5.41) is 4.53. The van der Waals surface area contributed by atoms with E-state index < -0.39 is 23.2 Å². The Morgan fingerprint density at radius 1 is 1.06 bits per heavy atom. The molecule has 0 fully saturated rings. The third kappa shape index (κ3) is 3.02. The molecule has 158 valence electrons. The minimum atomic E-state index is -1.08. The van der Waals surface area contributed by atoms with Gasteiger partial charge in [-0.2, -0.15) is 0 Å². The number of hydrogen-bond donors (Lipinski definition) is 3. The summed E-state index contributed by atoms with van der Waals surface area (Å²) in [4.78, 5) is 33.2. The zero-order chi connectivity index (χ0) is 21.9. The zero-order valence-corrected chi connectivity index (χ0v) is 17.0. The van der Waals surface area contributed by atoms with Crippen molar-refractivity contribution in [3.05, 3.63) is 80.9 Å². The van der Waals surface area contributed by atoms with Crippen LogP contribution in [0.2, 0.25) is 0 Å². The van der Waals surface area contributed by atoms with Crippen LogP contribution >= 0.6 is 0 Å². The lowest BCUT2D eigenvalue weighted by Gasteiger charge is -2.34. The number of pyridine rings is 1. The Bertz CT molecular complexity index is 1420. The van der Waals surface area contributed by atoms with Gasteiger partial charge in [0.05, 0.1) is 11.4 Å². The number of likely N-dealkylation sites (N-methyl/N-ethyl adjacent to an activating group) is 1. The largest absolute Gasteiger partial charge is 0.351 e. The van der Waals surface area contributed by atoms with E-state index in [4.69, 9.17) is 0 Å². The quantitative estimate of drug-likeness (QED) is 0.463. The number of aryl methyl sites for hydroxylation is 1. The molecule has 0 spiro atoms. The van der Waals surface area contributed by atoms with Gasteiger partial charge in [-0.1, -0.05) is 12.1 Å². The highest BCUT2D eigenvalue weighted by Gasteiger charge is 2.31. The average Bonchev–Trinajstić information content (AvgIpc) is 3.19. The maximum absolute atomic E-state index is 14.1. The van der Waals surface area contributed by atoms with Crippen LogP contribution < -0.4 is 10.9 Å². The molecule has 5 rings (SSSR count). The van der Waals surface area contributed by atoms with Gasteiger partial charge in [-0.15, -0.1) is 0 Å². The molecule has 1 amide bonds. The first kappa shape index (κ1) is 19.4. The normalized spacial score (nSPS) is 15.9. The molecule has 0 radical (unpaired) electrons. The van der Waals surface area contributed by atoms with E-state index in [-0.39, 0.29) is 11.3 Å². The van der Waals surface area contributed by atoms with Crippen LogP contribution in [0, 0.1) is 18.6 Å². The van der Waals surface area contributed by atoms with Crippen LogP contribution in [0.1, 0.15) is 33.4 Å². The van der Waals surface area contributed by atoms with Crippen LogP contribution in [0.5, 0.6) is 0 Å². The van der Waals surface area contributed by atoms with Crippen LogP contribution in [-0.4, -0.2) is 34.4 Å². The van der Waals surface area contributed by atoms with E-state index in [1.54, 1.807) is 11.9 Å². The summed E-state index contributed by atoms with van der Waals surface area (Å²) >= 11 is 0. The molecule has 0 bridgehead atoms. The minimum absolute atomic E-state index is 0.0617. The number of hydrogen-bond acceptors (Lipinski definition) is 3. The summed E-state index contributed by atoms with van der Waals surface area (Å²) in [6, 6.07) is 9.10. The topological polar surface area (TPSA) is 81.0 Å².